The first-order chi connectivity index (χ1) is 10.0. The Morgan fingerprint density at radius 1 is 1.24 bits per heavy atom. The fourth-order valence-corrected chi connectivity index (χ4v) is 2.06. The molecule has 5 heteroatoms. The van der Waals surface area contributed by atoms with Crippen LogP contribution < -0.4 is 9.47 Å². The number of ether oxygens (including phenoxy) is 2. The summed E-state index contributed by atoms with van der Waals surface area (Å²) in [6.45, 7) is 1.37. The van der Waals surface area contributed by atoms with E-state index in [1.807, 2.05) is 0 Å². The number of carbonyl (C=O) groups excluding carboxylic acids is 1. The lowest BCUT2D eigenvalue weighted by Gasteiger charge is -2.09. The fourth-order valence-electron chi connectivity index (χ4n) is 1.80. The van der Waals surface area contributed by atoms with E-state index in [0.29, 0.717) is 21.9 Å². The van der Waals surface area contributed by atoms with Crippen molar-refractivity contribution in [2.24, 2.45) is 0 Å². The number of ketones is 1. The van der Waals surface area contributed by atoms with Crippen LogP contribution in [0.1, 0.15) is 15.9 Å². The molecule has 21 heavy (non-hydrogen) atoms. The van der Waals surface area contributed by atoms with Crippen molar-refractivity contribution < 1.29 is 18.7 Å². The van der Waals surface area contributed by atoms with Gasteiger partial charge in [0.25, 0.3) is 0 Å². The Labute approximate surface area is 127 Å². The molecule has 0 saturated heterocycles. The van der Waals surface area contributed by atoms with Crippen molar-refractivity contribution in [2.75, 3.05) is 13.7 Å². The van der Waals surface area contributed by atoms with Crippen molar-refractivity contribution >= 4 is 17.4 Å². The smallest absolute Gasteiger partial charge is 0.200 e. The average molecular weight is 309 g/mol. The van der Waals surface area contributed by atoms with E-state index in [2.05, 4.69) is 0 Å². The number of rotatable bonds is 5. The molecule has 0 amide bonds. The minimum atomic E-state index is -0.460. The van der Waals surface area contributed by atoms with Crippen molar-refractivity contribution in [3.63, 3.8) is 0 Å². The van der Waals surface area contributed by atoms with Crippen LogP contribution in [0.15, 0.2) is 36.4 Å². The predicted molar refractivity (Wildman–Crippen MR) is 79.0 cm³/mol. The van der Waals surface area contributed by atoms with Crippen LogP contribution >= 0.6 is 11.6 Å². The van der Waals surface area contributed by atoms with Crippen molar-refractivity contribution in [1.29, 1.82) is 0 Å². The highest BCUT2D eigenvalue weighted by atomic mass is 35.5. The summed E-state index contributed by atoms with van der Waals surface area (Å²) in [7, 11) is 1.49. The summed E-state index contributed by atoms with van der Waals surface area (Å²) in [5.41, 5.74) is 0.848. The van der Waals surface area contributed by atoms with Gasteiger partial charge in [-0.15, -0.1) is 0 Å². The van der Waals surface area contributed by atoms with Crippen LogP contribution in [0.4, 0.5) is 4.39 Å². The molecule has 2 aromatic rings. The normalized spacial score (nSPS) is 10.3. The molecule has 0 unspecified atom stereocenters. The highest BCUT2D eigenvalue weighted by Gasteiger charge is 2.12. The summed E-state index contributed by atoms with van der Waals surface area (Å²) in [4.78, 5) is 12.0. The Kier molecular flexibility index (Phi) is 4.81. The summed E-state index contributed by atoms with van der Waals surface area (Å²) < 4.78 is 24.0. The van der Waals surface area contributed by atoms with Crippen LogP contribution in [-0.4, -0.2) is 19.5 Å². The minimum absolute atomic E-state index is 0.0583. The lowest BCUT2D eigenvalue weighted by Crippen LogP contribution is -2.12. The van der Waals surface area contributed by atoms with Crippen LogP contribution in [-0.2, 0) is 0 Å². The Morgan fingerprint density at radius 2 is 2.00 bits per heavy atom. The molecule has 2 aromatic carbocycles. The van der Waals surface area contributed by atoms with E-state index in [9.17, 15) is 9.18 Å². The van der Waals surface area contributed by atoms with Crippen molar-refractivity contribution in [3.8, 4) is 11.5 Å². The zero-order chi connectivity index (χ0) is 15.4. The molecule has 0 radical (unpaired) electrons. The zero-order valence-electron chi connectivity index (χ0n) is 11.7. The third-order valence-electron chi connectivity index (χ3n) is 2.99. The molecule has 2 rings (SSSR count). The number of benzene rings is 2. The third-order valence-corrected chi connectivity index (χ3v) is 3.28. The Hall–Kier alpha value is -2.07. The molecule has 0 aliphatic heterocycles. The molecule has 0 fully saturated rings. The van der Waals surface area contributed by atoms with E-state index >= 15 is 0 Å². The topological polar surface area (TPSA) is 35.5 Å². The highest BCUT2D eigenvalue weighted by Crippen LogP contribution is 2.25. The largest absolute Gasteiger partial charge is 0.495 e. The monoisotopic (exact) mass is 308 g/mol. The Balaban J connectivity index is 2.08. The number of Topliss-reactive ketones (excluding diaryl/α,β-unsaturated/α-hetero) is 1. The van der Waals surface area contributed by atoms with E-state index in [0.717, 1.165) is 0 Å². The number of methoxy groups -OCH3 is 1. The van der Waals surface area contributed by atoms with E-state index in [1.54, 1.807) is 31.2 Å². The Morgan fingerprint density at radius 3 is 2.67 bits per heavy atom. The van der Waals surface area contributed by atoms with Gasteiger partial charge in [0.15, 0.2) is 24.0 Å². The van der Waals surface area contributed by atoms with Crippen LogP contribution in [0.5, 0.6) is 11.5 Å². The number of halogens is 2. The van der Waals surface area contributed by atoms with Gasteiger partial charge in [-0.1, -0.05) is 23.7 Å². The fraction of sp³-hybridized carbons (Fsp3) is 0.188. The number of carbonyl (C=O) groups is 1. The number of hydrogen-bond donors (Lipinski definition) is 0. The lowest BCUT2D eigenvalue weighted by molar-refractivity contribution is 0.0918. The lowest BCUT2D eigenvalue weighted by atomic mass is 10.1. The van der Waals surface area contributed by atoms with Gasteiger partial charge in [0, 0.05) is 5.56 Å². The molecule has 0 aromatic heterocycles. The molecule has 0 atom stereocenters. The molecule has 0 saturated carbocycles. The number of hydrogen-bond acceptors (Lipinski definition) is 3. The van der Waals surface area contributed by atoms with Crippen LogP contribution in [0.2, 0.25) is 5.02 Å². The molecule has 0 heterocycles. The van der Waals surface area contributed by atoms with Gasteiger partial charge in [0.2, 0.25) is 0 Å². The molecule has 0 N–H and O–H groups in total. The van der Waals surface area contributed by atoms with Gasteiger partial charge in [-0.3, -0.25) is 4.79 Å². The SMILES string of the molecule is COc1ccc(C(=O)COc2cccc(C)c2F)cc1Cl. The van der Waals surface area contributed by atoms with E-state index in [-0.39, 0.29) is 18.1 Å². The van der Waals surface area contributed by atoms with Gasteiger partial charge in [0.1, 0.15) is 5.75 Å². The first-order valence-corrected chi connectivity index (χ1v) is 6.65. The van der Waals surface area contributed by atoms with Crippen molar-refractivity contribution in [2.45, 2.75) is 6.92 Å². The molecule has 0 aliphatic rings. The Bertz CT molecular complexity index is 671. The molecule has 0 spiro atoms. The van der Waals surface area contributed by atoms with Gasteiger partial charge in [-0.05, 0) is 36.8 Å². The predicted octanol–water partition coefficient (Wildman–Crippen LogP) is 4.06. The van der Waals surface area contributed by atoms with Crippen molar-refractivity contribution in [1.82, 2.24) is 0 Å². The molecule has 0 bridgehead atoms. The summed E-state index contributed by atoms with van der Waals surface area (Å²) in [5, 5.41) is 0.338. The first kappa shape index (κ1) is 15.3. The van der Waals surface area contributed by atoms with E-state index in [4.69, 9.17) is 21.1 Å². The van der Waals surface area contributed by atoms with Gasteiger partial charge in [-0.2, -0.15) is 0 Å². The maximum Gasteiger partial charge on any atom is 0.200 e. The molecule has 0 aliphatic carbocycles. The molecule has 3 nitrogen and oxygen atoms in total. The van der Waals surface area contributed by atoms with Gasteiger partial charge < -0.3 is 9.47 Å². The van der Waals surface area contributed by atoms with E-state index < -0.39 is 5.82 Å². The molecular weight excluding hydrogens is 295 g/mol. The minimum Gasteiger partial charge on any atom is -0.495 e. The second kappa shape index (κ2) is 6.59. The number of aryl methyl sites for hydroxylation is 1. The quantitative estimate of drug-likeness (QED) is 0.781. The van der Waals surface area contributed by atoms with E-state index in [1.165, 1.54) is 19.2 Å². The molecule has 110 valence electrons. The van der Waals surface area contributed by atoms with Crippen LogP contribution in [0.25, 0.3) is 0 Å². The first-order valence-electron chi connectivity index (χ1n) is 6.27. The van der Waals surface area contributed by atoms with Gasteiger partial charge in [-0.25, -0.2) is 4.39 Å². The maximum absolute atomic E-state index is 13.7. The standard InChI is InChI=1S/C16H14ClFO3/c1-10-4-3-5-15(16(10)18)21-9-13(19)11-6-7-14(20-2)12(17)8-11/h3-8H,9H2,1-2H3. The van der Waals surface area contributed by atoms with Crippen molar-refractivity contribution in [3.05, 3.63) is 58.4 Å². The van der Waals surface area contributed by atoms with Crippen LogP contribution in [0.3, 0.4) is 0 Å². The summed E-state index contributed by atoms with van der Waals surface area (Å²) >= 11 is 5.96. The van der Waals surface area contributed by atoms with Gasteiger partial charge in [0.05, 0.1) is 12.1 Å². The average Bonchev–Trinajstić information content (AvgIpc) is 2.48. The van der Waals surface area contributed by atoms with Gasteiger partial charge >= 0.3 is 0 Å². The van der Waals surface area contributed by atoms with Crippen LogP contribution in [0, 0.1) is 12.7 Å². The maximum atomic E-state index is 13.7. The zero-order valence-corrected chi connectivity index (χ0v) is 12.4. The second-order valence-corrected chi connectivity index (χ2v) is 4.86. The summed E-state index contributed by atoms with van der Waals surface area (Å²) in [6.07, 6.45) is 0. The summed E-state index contributed by atoms with van der Waals surface area (Å²) in [5.74, 6) is -0.208. The second-order valence-electron chi connectivity index (χ2n) is 4.45. The molecular formula is C16H14ClFO3. The third kappa shape index (κ3) is 3.52. The highest BCUT2D eigenvalue weighted by molar-refractivity contribution is 6.32. The summed E-state index contributed by atoms with van der Waals surface area (Å²) in [6, 6.07) is 9.47.